The van der Waals surface area contributed by atoms with E-state index in [1.807, 2.05) is 13.0 Å². The van der Waals surface area contributed by atoms with Gasteiger partial charge in [-0.15, -0.1) is 0 Å². The van der Waals surface area contributed by atoms with Crippen LogP contribution in [-0.2, 0) is 19.6 Å². The van der Waals surface area contributed by atoms with Gasteiger partial charge in [0.2, 0.25) is 21.8 Å². The first kappa shape index (κ1) is 14.2. The third kappa shape index (κ3) is 2.36. The maximum absolute atomic E-state index is 12.4. The predicted molar refractivity (Wildman–Crippen MR) is 74.8 cm³/mol. The van der Waals surface area contributed by atoms with Crippen LogP contribution in [0.3, 0.4) is 0 Å². The van der Waals surface area contributed by atoms with Gasteiger partial charge in [0.15, 0.2) is 0 Å². The molecule has 0 N–H and O–H groups in total. The summed E-state index contributed by atoms with van der Waals surface area (Å²) in [6, 6.07) is 6.40. The van der Waals surface area contributed by atoms with Crippen molar-refractivity contribution in [3.8, 4) is 0 Å². The Morgan fingerprint density at radius 3 is 2.29 bits per heavy atom. The summed E-state index contributed by atoms with van der Waals surface area (Å²) in [6.07, 6.45) is 0.472. The molecule has 2 heterocycles. The number of aryl methyl sites for hydroxylation is 1. The molecule has 1 aromatic rings. The number of nitrogens with zero attached hydrogens (tertiary/aromatic N) is 2. The SMILES string of the molecule is Cc1cccc(S(=O)(=O)N2CC(N3C(=O)CCC3=O)C2)c1. The lowest BCUT2D eigenvalue weighted by atomic mass is 10.1. The lowest BCUT2D eigenvalue weighted by molar-refractivity contribution is -0.143. The summed E-state index contributed by atoms with van der Waals surface area (Å²) in [7, 11) is -3.54. The number of sulfonamides is 1. The lowest BCUT2D eigenvalue weighted by Gasteiger charge is -2.41. The second-order valence-electron chi connectivity index (χ2n) is 5.45. The van der Waals surface area contributed by atoms with Gasteiger partial charge in [0, 0.05) is 25.9 Å². The molecule has 0 unspecified atom stereocenters. The van der Waals surface area contributed by atoms with E-state index in [4.69, 9.17) is 0 Å². The van der Waals surface area contributed by atoms with Gasteiger partial charge in [-0.25, -0.2) is 8.42 Å². The van der Waals surface area contributed by atoms with Crippen LogP contribution in [0.1, 0.15) is 18.4 Å². The first-order valence-electron chi connectivity index (χ1n) is 6.81. The van der Waals surface area contributed by atoms with E-state index in [0.29, 0.717) is 0 Å². The summed E-state index contributed by atoms with van der Waals surface area (Å²) >= 11 is 0. The van der Waals surface area contributed by atoms with E-state index in [9.17, 15) is 18.0 Å². The van der Waals surface area contributed by atoms with E-state index in [-0.39, 0.29) is 48.7 Å². The zero-order valence-corrected chi connectivity index (χ0v) is 12.5. The molecule has 112 valence electrons. The van der Waals surface area contributed by atoms with Crippen LogP contribution in [-0.4, -0.2) is 48.6 Å². The van der Waals surface area contributed by atoms with Crippen molar-refractivity contribution in [1.29, 1.82) is 0 Å². The van der Waals surface area contributed by atoms with E-state index in [0.717, 1.165) is 5.56 Å². The van der Waals surface area contributed by atoms with Crippen molar-refractivity contribution < 1.29 is 18.0 Å². The number of hydrogen-bond acceptors (Lipinski definition) is 4. The highest BCUT2D eigenvalue weighted by Crippen LogP contribution is 2.27. The van der Waals surface area contributed by atoms with Gasteiger partial charge < -0.3 is 0 Å². The minimum atomic E-state index is -3.54. The van der Waals surface area contributed by atoms with Crippen LogP contribution < -0.4 is 0 Å². The smallest absolute Gasteiger partial charge is 0.243 e. The first-order chi connectivity index (χ1) is 9.89. The van der Waals surface area contributed by atoms with E-state index in [1.165, 1.54) is 9.21 Å². The van der Waals surface area contributed by atoms with Crippen LogP contribution in [0.25, 0.3) is 0 Å². The molecule has 7 heteroatoms. The molecule has 2 aliphatic heterocycles. The highest BCUT2D eigenvalue weighted by Gasteiger charge is 2.45. The predicted octanol–water partition coefficient (Wildman–Crippen LogP) is 0.517. The van der Waals surface area contributed by atoms with Gasteiger partial charge in [-0.1, -0.05) is 12.1 Å². The third-order valence-corrected chi connectivity index (χ3v) is 5.74. The molecular formula is C14H16N2O4S. The molecular weight excluding hydrogens is 292 g/mol. The van der Waals surface area contributed by atoms with Gasteiger partial charge >= 0.3 is 0 Å². The maximum atomic E-state index is 12.4. The van der Waals surface area contributed by atoms with Crippen molar-refractivity contribution in [2.45, 2.75) is 30.7 Å². The molecule has 2 saturated heterocycles. The largest absolute Gasteiger partial charge is 0.277 e. The Balaban J connectivity index is 1.74. The fraction of sp³-hybridized carbons (Fsp3) is 0.429. The number of benzene rings is 1. The number of imide groups is 1. The molecule has 6 nitrogen and oxygen atoms in total. The summed E-state index contributed by atoms with van der Waals surface area (Å²) in [5.41, 5.74) is 0.873. The lowest BCUT2D eigenvalue weighted by Crippen LogP contribution is -2.62. The third-order valence-electron chi connectivity index (χ3n) is 3.91. The quantitative estimate of drug-likeness (QED) is 0.763. The van der Waals surface area contributed by atoms with Crippen LogP contribution in [0.4, 0.5) is 0 Å². The summed E-state index contributed by atoms with van der Waals surface area (Å²) in [5, 5.41) is 0. The summed E-state index contributed by atoms with van der Waals surface area (Å²) < 4.78 is 26.2. The molecule has 0 atom stereocenters. The molecule has 0 aromatic heterocycles. The van der Waals surface area contributed by atoms with Crippen molar-refractivity contribution in [3.05, 3.63) is 29.8 Å². The van der Waals surface area contributed by atoms with Crippen LogP contribution >= 0.6 is 0 Å². The second kappa shape index (κ2) is 4.92. The summed E-state index contributed by atoms with van der Waals surface area (Å²) in [4.78, 5) is 24.7. The minimum Gasteiger partial charge on any atom is -0.277 e. The van der Waals surface area contributed by atoms with Crippen LogP contribution in [0, 0.1) is 6.92 Å². The van der Waals surface area contributed by atoms with Crippen LogP contribution in [0.2, 0.25) is 0 Å². The molecule has 2 aliphatic rings. The summed E-state index contributed by atoms with van der Waals surface area (Å²) in [5.74, 6) is -0.393. The van der Waals surface area contributed by atoms with Gasteiger partial charge in [-0.3, -0.25) is 14.5 Å². The fourth-order valence-corrected chi connectivity index (χ4v) is 4.32. The molecule has 21 heavy (non-hydrogen) atoms. The molecule has 0 spiro atoms. The normalized spacial score (nSPS) is 20.9. The van der Waals surface area contributed by atoms with Crippen molar-refractivity contribution in [2.24, 2.45) is 0 Å². The van der Waals surface area contributed by atoms with E-state index in [2.05, 4.69) is 0 Å². The van der Waals surface area contributed by atoms with Gasteiger partial charge in [0.25, 0.3) is 0 Å². The van der Waals surface area contributed by atoms with Gasteiger partial charge in [0.1, 0.15) is 0 Å². The zero-order chi connectivity index (χ0) is 15.2. The number of rotatable bonds is 3. The molecule has 1 aromatic carbocycles. The molecule has 0 saturated carbocycles. The van der Waals surface area contributed by atoms with E-state index >= 15 is 0 Å². The Hall–Kier alpha value is -1.73. The topological polar surface area (TPSA) is 74.8 Å². The standard InChI is InChI=1S/C14H16N2O4S/c1-10-3-2-4-12(7-10)21(19,20)15-8-11(9-15)16-13(17)5-6-14(16)18/h2-4,7,11H,5-6,8-9H2,1H3. The zero-order valence-electron chi connectivity index (χ0n) is 11.7. The van der Waals surface area contributed by atoms with Gasteiger partial charge in [-0.2, -0.15) is 4.31 Å². The van der Waals surface area contributed by atoms with Crippen LogP contribution in [0.5, 0.6) is 0 Å². The molecule has 0 aliphatic carbocycles. The Morgan fingerprint density at radius 1 is 1.10 bits per heavy atom. The Labute approximate surface area is 123 Å². The van der Waals surface area contributed by atoms with Crippen LogP contribution in [0.15, 0.2) is 29.2 Å². The van der Waals surface area contributed by atoms with E-state index < -0.39 is 10.0 Å². The number of likely N-dealkylation sites (tertiary alicyclic amines) is 1. The van der Waals surface area contributed by atoms with Crippen molar-refractivity contribution >= 4 is 21.8 Å². The fourth-order valence-electron chi connectivity index (χ4n) is 2.70. The molecule has 2 amide bonds. The van der Waals surface area contributed by atoms with E-state index in [1.54, 1.807) is 18.2 Å². The van der Waals surface area contributed by atoms with Gasteiger partial charge in [0.05, 0.1) is 10.9 Å². The molecule has 3 rings (SSSR count). The number of hydrogen-bond donors (Lipinski definition) is 0. The monoisotopic (exact) mass is 308 g/mol. The second-order valence-corrected chi connectivity index (χ2v) is 7.39. The summed E-state index contributed by atoms with van der Waals surface area (Å²) in [6.45, 7) is 2.21. The average molecular weight is 308 g/mol. The highest BCUT2D eigenvalue weighted by molar-refractivity contribution is 7.89. The molecule has 0 radical (unpaired) electrons. The Morgan fingerprint density at radius 2 is 1.71 bits per heavy atom. The van der Waals surface area contributed by atoms with Gasteiger partial charge in [-0.05, 0) is 24.6 Å². The number of carbonyl (C=O) groups is 2. The Bertz CT molecular complexity index is 691. The number of amides is 2. The first-order valence-corrected chi connectivity index (χ1v) is 8.25. The van der Waals surface area contributed by atoms with Crippen molar-refractivity contribution in [3.63, 3.8) is 0 Å². The minimum absolute atomic E-state index is 0.188. The Kier molecular flexibility index (Phi) is 3.33. The van der Waals surface area contributed by atoms with Crippen molar-refractivity contribution in [2.75, 3.05) is 13.1 Å². The maximum Gasteiger partial charge on any atom is 0.243 e. The molecule has 0 bridgehead atoms. The number of carbonyl (C=O) groups excluding carboxylic acids is 2. The molecule has 2 fully saturated rings. The van der Waals surface area contributed by atoms with Crippen molar-refractivity contribution in [1.82, 2.24) is 9.21 Å². The average Bonchev–Trinajstić information content (AvgIpc) is 2.69. The highest BCUT2D eigenvalue weighted by atomic mass is 32.2.